The zero-order valence-corrected chi connectivity index (χ0v) is 11.7. The Morgan fingerprint density at radius 3 is 2.50 bits per heavy atom. The number of alkyl halides is 3. The topological polar surface area (TPSA) is 63.8 Å². The molecule has 0 atom stereocenters. The van der Waals surface area contributed by atoms with Crippen LogP contribution in [0, 0.1) is 5.92 Å². The molecule has 1 aliphatic carbocycles. The smallest absolute Gasteiger partial charge is 0.384 e. The molecule has 0 spiro atoms. The molecular weight excluding hydrogens is 293 g/mol. The number of benzene rings is 1. The van der Waals surface area contributed by atoms with Gasteiger partial charge >= 0.3 is 6.18 Å². The second-order valence-electron chi connectivity index (χ2n) is 5.43. The predicted octanol–water partition coefficient (Wildman–Crippen LogP) is 3.57. The van der Waals surface area contributed by atoms with Crippen LogP contribution in [-0.4, -0.2) is 16.7 Å². The molecule has 0 radical (unpaired) electrons. The molecule has 2 aromatic rings. The van der Waals surface area contributed by atoms with Gasteiger partial charge in [0.15, 0.2) is 0 Å². The summed E-state index contributed by atoms with van der Waals surface area (Å²) in [6.07, 6.45) is -2.26. The van der Waals surface area contributed by atoms with Crippen molar-refractivity contribution in [2.45, 2.75) is 19.0 Å². The molecule has 0 aliphatic heterocycles. The second kappa shape index (κ2) is 5.47. The third-order valence-electron chi connectivity index (χ3n) is 3.58. The number of rotatable bonds is 4. The molecule has 0 saturated heterocycles. The van der Waals surface area contributed by atoms with Crippen molar-refractivity contribution in [1.82, 2.24) is 10.2 Å². The monoisotopic (exact) mass is 308 g/mol. The van der Waals surface area contributed by atoms with Crippen LogP contribution >= 0.6 is 0 Å². The number of halogens is 3. The average molecular weight is 308 g/mol. The summed E-state index contributed by atoms with van der Waals surface area (Å²) < 4.78 is 39.3. The fraction of sp³-hybridized carbons (Fsp3) is 0.333. The van der Waals surface area contributed by atoms with E-state index in [4.69, 9.17) is 5.73 Å². The minimum atomic E-state index is -4.39. The summed E-state index contributed by atoms with van der Waals surface area (Å²) in [5.41, 5.74) is 5.93. The molecule has 1 heterocycles. The van der Waals surface area contributed by atoms with E-state index < -0.39 is 11.7 Å². The molecular formula is C15H15F3N4. The van der Waals surface area contributed by atoms with Crippen LogP contribution in [0.25, 0.3) is 11.3 Å². The van der Waals surface area contributed by atoms with E-state index in [1.54, 1.807) is 12.1 Å². The highest BCUT2D eigenvalue weighted by Gasteiger charge is 2.34. The van der Waals surface area contributed by atoms with Crippen molar-refractivity contribution in [3.63, 3.8) is 0 Å². The molecule has 1 aromatic heterocycles. The minimum Gasteiger partial charge on any atom is -0.384 e. The molecule has 116 valence electrons. The molecule has 7 heteroatoms. The van der Waals surface area contributed by atoms with Crippen molar-refractivity contribution >= 4 is 11.5 Å². The van der Waals surface area contributed by atoms with Crippen LogP contribution in [0.15, 0.2) is 30.3 Å². The number of anilines is 2. The number of nitrogen functional groups attached to an aromatic ring is 1. The average Bonchev–Trinajstić information content (AvgIpc) is 3.29. The Labute approximate surface area is 125 Å². The standard InChI is InChI=1S/C15H15F3N4/c16-15(17,18)11-4-3-10(12-5-6-14(19)22-21-12)7-13(11)20-8-9-1-2-9/h3-7,9,20H,1-2,8H2,(H2,19,22). The van der Waals surface area contributed by atoms with Gasteiger partial charge in [-0.1, -0.05) is 6.07 Å². The second-order valence-corrected chi connectivity index (χ2v) is 5.43. The molecule has 4 nitrogen and oxygen atoms in total. The summed E-state index contributed by atoms with van der Waals surface area (Å²) in [5.74, 6) is 0.740. The first-order valence-electron chi connectivity index (χ1n) is 6.98. The number of aromatic nitrogens is 2. The Balaban J connectivity index is 1.94. The maximum absolute atomic E-state index is 13.1. The summed E-state index contributed by atoms with van der Waals surface area (Å²) in [5, 5.41) is 10.5. The Hall–Kier alpha value is -2.31. The van der Waals surface area contributed by atoms with Gasteiger partial charge in [0, 0.05) is 17.8 Å². The van der Waals surface area contributed by atoms with E-state index >= 15 is 0 Å². The predicted molar refractivity (Wildman–Crippen MR) is 78.1 cm³/mol. The summed E-state index contributed by atoms with van der Waals surface area (Å²) in [7, 11) is 0. The van der Waals surface area contributed by atoms with E-state index in [1.807, 2.05) is 0 Å². The fourth-order valence-corrected chi connectivity index (χ4v) is 2.17. The van der Waals surface area contributed by atoms with Crippen LogP contribution in [0.5, 0.6) is 0 Å². The van der Waals surface area contributed by atoms with Crippen molar-refractivity contribution in [3.8, 4) is 11.3 Å². The third-order valence-corrected chi connectivity index (χ3v) is 3.58. The van der Waals surface area contributed by atoms with E-state index in [1.165, 1.54) is 12.1 Å². The number of nitrogens with zero attached hydrogens (tertiary/aromatic N) is 2. The van der Waals surface area contributed by atoms with E-state index in [9.17, 15) is 13.2 Å². The molecule has 1 aliphatic rings. The zero-order valence-electron chi connectivity index (χ0n) is 11.7. The lowest BCUT2D eigenvalue weighted by molar-refractivity contribution is -0.136. The first-order valence-corrected chi connectivity index (χ1v) is 6.98. The summed E-state index contributed by atoms with van der Waals surface area (Å²) in [6.45, 7) is 0.556. The van der Waals surface area contributed by atoms with E-state index in [-0.39, 0.29) is 11.5 Å². The van der Waals surface area contributed by atoms with Crippen LogP contribution in [-0.2, 0) is 6.18 Å². The third kappa shape index (κ3) is 3.29. The lowest BCUT2D eigenvalue weighted by Crippen LogP contribution is -2.12. The normalized spacial score (nSPS) is 14.9. The van der Waals surface area contributed by atoms with Crippen LogP contribution in [0.4, 0.5) is 24.7 Å². The quantitative estimate of drug-likeness (QED) is 0.906. The SMILES string of the molecule is Nc1ccc(-c2ccc(C(F)(F)F)c(NCC3CC3)c2)nn1. The Kier molecular flexibility index (Phi) is 3.64. The zero-order chi connectivity index (χ0) is 15.7. The van der Waals surface area contributed by atoms with Crippen LogP contribution in [0.2, 0.25) is 0 Å². The maximum atomic E-state index is 13.1. The van der Waals surface area contributed by atoms with Gasteiger partial charge in [-0.2, -0.15) is 13.2 Å². The van der Waals surface area contributed by atoms with E-state index in [2.05, 4.69) is 15.5 Å². The van der Waals surface area contributed by atoms with Gasteiger partial charge in [-0.15, -0.1) is 10.2 Å². The lowest BCUT2D eigenvalue weighted by atomic mass is 10.1. The Morgan fingerprint density at radius 2 is 1.91 bits per heavy atom. The minimum absolute atomic E-state index is 0.0792. The number of nitrogens with two attached hydrogens (primary N) is 1. The van der Waals surface area contributed by atoms with E-state index in [0.717, 1.165) is 18.9 Å². The molecule has 0 amide bonds. The summed E-state index contributed by atoms with van der Waals surface area (Å²) in [4.78, 5) is 0. The Bertz CT molecular complexity index is 663. The first kappa shape index (κ1) is 14.6. The molecule has 0 bridgehead atoms. The van der Waals surface area contributed by atoms with Crippen molar-refractivity contribution in [2.75, 3.05) is 17.6 Å². The molecule has 22 heavy (non-hydrogen) atoms. The highest BCUT2D eigenvalue weighted by atomic mass is 19.4. The van der Waals surface area contributed by atoms with Crippen molar-refractivity contribution < 1.29 is 13.2 Å². The van der Waals surface area contributed by atoms with Crippen LogP contribution < -0.4 is 11.1 Å². The van der Waals surface area contributed by atoms with Gasteiger partial charge in [0.25, 0.3) is 0 Å². The van der Waals surface area contributed by atoms with Gasteiger partial charge in [-0.3, -0.25) is 0 Å². The molecule has 0 unspecified atom stereocenters. The van der Waals surface area contributed by atoms with Gasteiger partial charge in [-0.25, -0.2) is 0 Å². The van der Waals surface area contributed by atoms with Crippen molar-refractivity contribution in [1.29, 1.82) is 0 Å². The van der Waals surface area contributed by atoms with Gasteiger partial charge in [0.1, 0.15) is 5.82 Å². The molecule has 3 N–H and O–H groups in total. The van der Waals surface area contributed by atoms with E-state index in [0.29, 0.717) is 23.7 Å². The fourth-order valence-electron chi connectivity index (χ4n) is 2.17. The van der Waals surface area contributed by atoms with Gasteiger partial charge < -0.3 is 11.1 Å². The lowest BCUT2D eigenvalue weighted by Gasteiger charge is -2.15. The van der Waals surface area contributed by atoms with Crippen molar-refractivity contribution in [3.05, 3.63) is 35.9 Å². The van der Waals surface area contributed by atoms with Gasteiger partial charge in [-0.05, 0) is 43.0 Å². The van der Waals surface area contributed by atoms with Crippen LogP contribution in [0.1, 0.15) is 18.4 Å². The maximum Gasteiger partial charge on any atom is 0.418 e. The largest absolute Gasteiger partial charge is 0.418 e. The highest BCUT2D eigenvalue weighted by Crippen LogP contribution is 2.38. The molecule has 3 rings (SSSR count). The summed E-state index contributed by atoms with van der Waals surface area (Å²) >= 11 is 0. The van der Waals surface area contributed by atoms with Gasteiger partial charge in [0.05, 0.1) is 11.3 Å². The Morgan fingerprint density at radius 1 is 1.14 bits per heavy atom. The number of hydrogen-bond donors (Lipinski definition) is 2. The van der Waals surface area contributed by atoms with Crippen LogP contribution in [0.3, 0.4) is 0 Å². The molecule has 1 saturated carbocycles. The first-order chi connectivity index (χ1) is 10.4. The number of hydrogen-bond acceptors (Lipinski definition) is 4. The van der Waals surface area contributed by atoms with Crippen molar-refractivity contribution in [2.24, 2.45) is 5.92 Å². The molecule has 1 aromatic carbocycles. The number of nitrogens with one attached hydrogen (secondary N) is 1. The highest BCUT2D eigenvalue weighted by molar-refractivity contribution is 5.68. The molecule has 1 fully saturated rings. The summed E-state index contributed by atoms with van der Waals surface area (Å²) in [6, 6.07) is 7.13. The van der Waals surface area contributed by atoms with Gasteiger partial charge in [0.2, 0.25) is 0 Å².